The molecular weight excluding hydrogens is 240 g/mol. The van der Waals surface area contributed by atoms with E-state index in [9.17, 15) is 0 Å². The molecule has 4 nitrogen and oxygen atoms in total. The van der Waals surface area contributed by atoms with Crippen LogP contribution in [-0.2, 0) is 13.1 Å². The van der Waals surface area contributed by atoms with Gasteiger partial charge in [0.15, 0.2) is 0 Å². The Kier molecular flexibility index (Phi) is 4.45. The van der Waals surface area contributed by atoms with Crippen LogP contribution in [0, 0.1) is 13.8 Å². The number of hydrogen-bond acceptors (Lipinski definition) is 4. The normalized spacial score (nSPS) is 11.7. The zero-order valence-electron chi connectivity index (χ0n) is 12.1. The minimum absolute atomic E-state index is 0.815. The maximum absolute atomic E-state index is 5.58. The van der Waals surface area contributed by atoms with Gasteiger partial charge < -0.3 is 8.83 Å². The number of hydrogen-bond donors (Lipinski definition) is 0. The van der Waals surface area contributed by atoms with Gasteiger partial charge in [-0.2, -0.15) is 0 Å². The summed E-state index contributed by atoms with van der Waals surface area (Å²) in [5, 5.41) is 0. The molecule has 2 heterocycles. The topological polar surface area (TPSA) is 32.8 Å². The molecule has 0 aliphatic carbocycles. The standard InChI is InChI=1S/C15H22N2O2/c1-12-5-7-14(18-12)9-16(3)11-17(4)10-15-8-6-13(2)19-15/h5-8H,9-11H2,1-4H3. The highest BCUT2D eigenvalue weighted by Gasteiger charge is 2.09. The molecule has 0 fully saturated rings. The Morgan fingerprint density at radius 1 is 0.789 bits per heavy atom. The van der Waals surface area contributed by atoms with Crippen molar-refractivity contribution in [1.29, 1.82) is 0 Å². The molecule has 19 heavy (non-hydrogen) atoms. The molecule has 0 bridgehead atoms. The van der Waals surface area contributed by atoms with E-state index in [0.29, 0.717) is 0 Å². The SMILES string of the molecule is Cc1ccc(CN(C)CN(C)Cc2ccc(C)o2)o1. The molecular formula is C15H22N2O2. The molecule has 0 saturated heterocycles. The van der Waals surface area contributed by atoms with Gasteiger partial charge in [0.2, 0.25) is 0 Å². The molecule has 0 aromatic carbocycles. The van der Waals surface area contributed by atoms with Gasteiger partial charge in [-0.05, 0) is 52.2 Å². The lowest BCUT2D eigenvalue weighted by molar-refractivity contribution is 0.154. The highest BCUT2D eigenvalue weighted by atomic mass is 16.3. The minimum Gasteiger partial charge on any atom is -0.465 e. The molecule has 0 radical (unpaired) electrons. The second kappa shape index (κ2) is 6.08. The highest BCUT2D eigenvalue weighted by Crippen LogP contribution is 2.11. The van der Waals surface area contributed by atoms with E-state index in [-0.39, 0.29) is 0 Å². The van der Waals surface area contributed by atoms with Crippen molar-refractivity contribution in [1.82, 2.24) is 9.80 Å². The Morgan fingerprint density at radius 3 is 1.53 bits per heavy atom. The zero-order chi connectivity index (χ0) is 13.8. The third kappa shape index (κ3) is 4.26. The Morgan fingerprint density at radius 2 is 1.21 bits per heavy atom. The van der Waals surface area contributed by atoms with E-state index >= 15 is 0 Å². The number of furan rings is 2. The summed E-state index contributed by atoms with van der Waals surface area (Å²) in [6.07, 6.45) is 0. The second-order valence-electron chi connectivity index (χ2n) is 5.19. The summed E-state index contributed by atoms with van der Waals surface area (Å²) in [5.41, 5.74) is 0. The van der Waals surface area contributed by atoms with E-state index in [4.69, 9.17) is 8.83 Å². The fourth-order valence-corrected chi connectivity index (χ4v) is 2.18. The van der Waals surface area contributed by atoms with E-state index in [1.807, 2.05) is 38.1 Å². The second-order valence-corrected chi connectivity index (χ2v) is 5.19. The maximum atomic E-state index is 5.58. The van der Waals surface area contributed by atoms with E-state index in [1.54, 1.807) is 0 Å². The molecule has 0 N–H and O–H groups in total. The lowest BCUT2D eigenvalue weighted by atomic mass is 10.4. The lowest BCUT2D eigenvalue weighted by Gasteiger charge is -2.22. The van der Waals surface area contributed by atoms with Crippen molar-refractivity contribution >= 4 is 0 Å². The van der Waals surface area contributed by atoms with Crippen molar-refractivity contribution < 1.29 is 8.83 Å². The summed E-state index contributed by atoms with van der Waals surface area (Å²) in [6.45, 7) is 6.42. The summed E-state index contributed by atoms with van der Waals surface area (Å²) in [7, 11) is 4.17. The van der Waals surface area contributed by atoms with E-state index in [1.165, 1.54) is 0 Å². The first-order chi connectivity index (χ1) is 9.02. The largest absolute Gasteiger partial charge is 0.465 e. The van der Waals surface area contributed by atoms with Gasteiger partial charge in [0, 0.05) is 0 Å². The number of aryl methyl sites for hydroxylation is 2. The minimum atomic E-state index is 0.815. The Balaban J connectivity index is 1.79. The smallest absolute Gasteiger partial charge is 0.118 e. The molecule has 0 unspecified atom stereocenters. The quantitative estimate of drug-likeness (QED) is 0.749. The van der Waals surface area contributed by atoms with Crippen LogP contribution in [0.1, 0.15) is 23.0 Å². The predicted molar refractivity (Wildman–Crippen MR) is 74.7 cm³/mol. The van der Waals surface area contributed by atoms with Crippen molar-refractivity contribution in [3.8, 4) is 0 Å². The zero-order valence-corrected chi connectivity index (χ0v) is 12.1. The predicted octanol–water partition coefficient (Wildman–Crippen LogP) is 3.01. The average Bonchev–Trinajstić information content (AvgIpc) is 2.87. The first-order valence-corrected chi connectivity index (χ1v) is 6.50. The highest BCUT2D eigenvalue weighted by molar-refractivity contribution is 5.06. The van der Waals surface area contributed by atoms with Crippen molar-refractivity contribution in [2.24, 2.45) is 0 Å². The molecule has 0 amide bonds. The number of rotatable bonds is 6. The molecule has 2 aromatic heterocycles. The molecule has 104 valence electrons. The Hall–Kier alpha value is -1.52. The van der Waals surface area contributed by atoms with Crippen LogP contribution in [0.3, 0.4) is 0 Å². The summed E-state index contributed by atoms with van der Waals surface area (Å²) < 4.78 is 11.2. The van der Waals surface area contributed by atoms with Crippen molar-refractivity contribution in [2.75, 3.05) is 20.8 Å². The molecule has 0 aliphatic rings. The number of nitrogens with zero attached hydrogens (tertiary/aromatic N) is 2. The van der Waals surface area contributed by atoms with Crippen molar-refractivity contribution in [3.05, 3.63) is 47.3 Å². The van der Waals surface area contributed by atoms with Gasteiger partial charge in [0.25, 0.3) is 0 Å². The lowest BCUT2D eigenvalue weighted by Crippen LogP contribution is -2.32. The Labute approximate surface area is 114 Å². The first-order valence-electron chi connectivity index (χ1n) is 6.50. The first kappa shape index (κ1) is 13.9. The Bertz CT molecular complexity index is 469. The fourth-order valence-electron chi connectivity index (χ4n) is 2.18. The summed E-state index contributed by atoms with van der Waals surface area (Å²) >= 11 is 0. The van der Waals surface area contributed by atoms with Gasteiger partial charge in [-0.25, -0.2) is 0 Å². The third-order valence-corrected chi connectivity index (χ3v) is 2.93. The van der Waals surface area contributed by atoms with Gasteiger partial charge in [-0.15, -0.1) is 0 Å². The van der Waals surface area contributed by atoms with Crippen LogP contribution in [0.25, 0.3) is 0 Å². The summed E-state index contributed by atoms with van der Waals surface area (Å²) in [6, 6.07) is 8.06. The molecule has 4 heteroatoms. The van der Waals surface area contributed by atoms with Gasteiger partial charge in [0.05, 0.1) is 19.8 Å². The van der Waals surface area contributed by atoms with Crippen molar-refractivity contribution in [2.45, 2.75) is 26.9 Å². The molecule has 0 saturated carbocycles. The monoisotopic (exact) mass is 262 g/mol. The van der Waals surface area contributed by atoms with E-state index in [2.05, 4.69) is 23.9 Å². The fraction of sp³-hybridized carbons (Fsp3) is 0.467. The van der Waals surface area contributed by atoms with Crippen LogP contribution in [0.5, 0.6) is 0 Å². The van der Waals surface area contributed by atoms with Crippen LogP contribution < -0.4 is 0 Å². The summed E-state index contributed by atoms with van der Waals surface area (Å²) in [5.74, 6) is 3.93. The molecule has 2 rings (SSSR count). The van der Waals surface area contributed by atoms with Crippen LogP contribution in [0.2, 0.25) is 0 Å². The van der Waals surface area contributed by atoms with Gasteiger partial charge in [-0.3, -0.25) is 9.80 Å². The maximum Gasteiger partial charge on any atom is 0.118 e. The van der Waals surface area contributed by atoms with Crippen LogP contribution in [0.4, 0.5) is 0 Å². The van der Waals surface area contributed by atoms with E-state index in [0.717, 1.165) is 42.8 Å². The molecule has 0 atom stereocenters. The van der Waals surface area contributed by atoms with E-state index < -0.39 is 0 Å². The van der Waals surface area contributed by atoms with Crippen LogP contribution in [0.15, 0.2) is 33.1 Å². The van der Waals surface area contributed by atoms with Gasteiger partial charge >= 0.3 is 0 Å². The molecule has 0 aliphatic heterocycles. The third-order valence-electron chi connectivity index (χ3n) is 2.93. The van der Waals surface area contributed by atoms with Gasteiger partial charge in [-0.1, -0.05) is 0 Å². The summed E-state index contributed by atoms with van der Waals surface area (Å²) in [4.78, 5) is 4.43. The van der Waals surface area contributed by atoms with Gasteiger partial charge in [0.1, 0.15) is 23.0 Å². The van der Waals surface area contributed by atoms with Crippen LogP contribution in [-0.4, -0.2) is 30.6 Å². The molecule has 2 aromatic rings. The van der Waals surface area contributed by atoms with Crippen LogP contribution >= 0.6 is 0 Å². The molecule has 0 spiro atoms. The van der Waals surface area contributed by atoms with Crippen molar-refractivity contribution in [3.63, 3.8) is 0 Å². The average molecular weight is 262 g/mol.